The van der Waals surface area contributed by atoms with E-state index < -0.39 is 8.07 Å². The number of aromatic nitrogens is 3. The Hall–Kier alpha value is -6.36. The minimum Gasteiger partial charge on any atom is -0.292 e. The zero-order chi connectivity index (χ0) is 38.2. The highest BCUT2D eigenvalue weighted by atomic mass is 28.3. The Balaban J connectivity index is 1.33. The van der Waals surface area contributed by atoms with Crippen LogP contribution in [-0.2, 0) is 0 Å². The highest BCUT2D eigenvalue weighted by Gasteiger charge is 2.42. The van der Waals surface area contributed by atoms with Gasteiger partial charge in [-0.15, -0.1) is 0 Å². The van der Waals surface area contributed by atoms with Gasteiger partial charge < -0.3 is 0 Å². The van der Waals surface area contributed by atoms with Gasteiger partial charge in [0.25, 0.3) is 0 Å². The quantitative estimate of drug-likeness (QED) is 0.109. The smallest absolute Gasteiger partial charge is 0.179 e. The molecule has 0 aliphatic heterocycles. The number of rotatable bonds is 9. The monoisotopic (exact) mass is 739 g/mol. The molecule has 2 aromatic heterocycles. The highest BCUT2D eigenvalue weighted by molar-refractivity contribution is 7.20. The first kappa shape index (κ1) is 35.3. The molecule has 0 saturated carbocycles. The van der Waals surface area contributed by atoms with Crippen molar-refractivity contribution in [3.05, 3.63) is 199 Å². The Morgan fingerprint density at radius 2 is 0.946 bits per heavy atom. The summed E-state index contributed by atoms with van der Waals surface area (Å²) >= 11 is 0. The Bertz CT molecular complexity index is 2750. The van der Waals surface area contributed by atoms with Crippen LogP contribution in [0.1, 0.15) is 50.7 Å². The molecule has 9 rings (SSSR count). The summed E-state index contributed by atoms with van der Waals surface area (Å²) in [6, 6.07) is 68.8. The van der Waals surface area contributed by atoms with Gasteiger partial charge in [-0.1, -0.05) is 191 Å². The summed E-state index contributed by atoms with van der Waals surface area (Å²) in [5.41, 5.74) is 10.2. The number of hydrogen-bond donors (Lipinski definition) is 0. The molecule has 7 aromatic carbocycles. The fourth-order valence-electron chi connectivity index (χ4n) is 8.62. The van der Waals surface area contributed by atoms with E-state index >= 15 is 0 Å². The van der Waals surface area contributed by atoms with Gasteiger partial charge in [0.2, 0.25) is 0 Å². The number of para-hydroxylation sites is 4. The van der Waals surface area contributed by atoms with E-state index in [0.29, 0.717) is 11.8 Å². The molecule has 0 unspecified atom stereocenters. The minimum atomic E-state index is -2.94. The summed E-state index contributed by atoms with van der Waals surface area (Å²) in [5, 5.41) is 6.40. The van der Waals surface area contributed by atoms with Crippen molar-refractivity contribution < 1.29 is 0 Å². The van der Waals surface area contributed by atoms with Gasteiger partial charge in [-0.05, 0) is 68.0 Å². The maximum absolute atomic E-state index is 5.45. The van der Waals surface area contributed by atoms with E-state index in [1.165, 1.54) is 37.6 Å². The Morgan fingerprint density at radius 1 is 0.429 bits per heavy atom. The van der Waals surface area contributed by atoms with Gasteiger partial charge in [-0.3, -0.25) is 4.57 Å². The van der Waals surface area contributed by atoms with Gasteiger partial charge in [-0.25, -0.2) is 9.97 Å². The second-order valence-electron chi connectivity index (χ2n) is 15.4. The van der Waals surface area contributed by atoms with E-state index in [4.69, 9.17) is 9.97 Å². The molecule has 0 atom stereocenters. The Labute approximate surface area is 331 Å². The van der Waals surface area contributed by atoms with Crippen molar-refractivity contribution in [1.29, 1.82) is 0 Å². The number of pyridine rings is 1. The first-order valence-electron chi connectivity index (χ1n) is 19.7. The molecule has 2 heterocycles. The first-order chi connectivity index (χ1) is 27.4. The lowest BCUT2D eigenvalue weighted by molar-refractivity contribution is 0.811. The largest absolute Gasteiger partial charge is 0.292 e. The summed E-state index contributed by atoms with van der Waals surface area (Å²) in [6.45, 7) is 9.18. The molecule has 0 amide bonds. The van der Waals surface area contributed by atoms with Crippen LogP contribution in [0.15, 0.2) is 188 Å². The van der Waals surface area contributed by atoms with Gasteiger partial charge >= 0.3 is 0 Å². The number of imidazole rings is 1. The number of nitrogens with zero attached hydrogens (tertiary/aromatic N) is 3. The van der Waals surface area contributed by atoms with E-state index in [1.54, 1.807) is 0 Å². The fraction of sp³-hybridized carbons (Fsp3) is 0.115. The summed E-state index contributed by atoms with van der Waals surface area (Å²) in [7, 11) is -2.94. The molecule has 0 saturated heterocycles. The van der Waals surface area contributed by atoms with E-state index in [2.05, 4.69) is 220 Å². The van der Waals surface area contributed by atoms with Gasteiger partial charge in [0.05, 0.1) is 27.9 Å². The van der Waals surface area contributed by atoms with Crippen LogP contribution in [0.25, 0.3) is 50.3 Å². The lowest BCUT2D eigenvalue weighted by Crippen LogP contribution is -2.74. The van der Waals surface area contributed by atoms with Crippen molar-refractivity contribution in [2.45, 2.75) is 39.5 Å². The molecule has 0 fully saturated rings. The van der Waals surface area contributed by atoms with Gasteiger partial charge in [0.1, 0.15) is 5.82 Å². The van der Waals surface area contributed by atoms with E-state index in [1.807, 2.05) is 0 Å². The second kappa shape index (κ2) is 14.7. The zero-order valence-electron chi connectivity index (χ0n) is 32.4. The molecule has 9 aromatic rings. The lowest BCUT2D eigenvalue weighted by Gasteiger charge is -2.35. The summed E-state index contributed by atoms with van der Waals surface area (Å²) in [6.07, 6.45) is 0. The number of hydrogen-bond acceptors (Lipinski definition) is 2. The molecule has 56 heavy (non-hydrogen) atoms. The molecule has 0 N–H and O–H groups in total. The molecular formula is C52H45N3Si. The fourth-order valence-corrected chi connectivity index (χ4v) is 13.4. The van der Waals surface area contributed by atoms with Crippen molar-refractivity contribution >= 4 is 50.8 Å². The predicted octanol–water partition coefficient (Wildman–Crippen LogP) is 10.5. The van der Waals surface area contributed by atoms with Gasteiger partial charge in [0, 0.05) is 16.5 Å². The Morgan fingerprint density at radius 3 is 1.59 bits per heavy atom. The van der Waals surface area contributed by atoms with Gasteiger partial charge in [-0.2, -0.15) is 0 Å². The van der Waals surface area contributed by atoms with Crippen molar-refractivity contribution in [3.8, 4) is 28.3 Å². The van der Waals surface area contributed by atoms with E-state index in [9.17, 15) is 0 Å². The first-order valence-corrected chi connectivity index (χ1v) is 21.7. The van der Waals surface area contributed by atoms with Crippen LogP contribution < -0.4 is 20.7 Å². The average molecular weight is 740 g/mol. The molecule has 0 aliphatic carbocycles. The van der Waals surface area contributed by atoms with Crippen molar-refractivity contribution in [3.63, 3.8) is 0 Å². The third-order valence-electron chi connectivity index (χ3n) is 11.3. The molecule has 0 radical (unpaired) electrons. The maximum atomic E-state index is 5.45. The highest BCUT2D eigenvalue weighted by Crippen LogP contribution is 2.37. The predicted molar refractivity (Wildman–Crippen MR) is 239 cm³/mol. The van der Waals surface area contributed by atoms with Crippen LogP contribution in [-0.4, -0.2) is 22.6 Å². The molecule has 4 heteroatoms. The standard InChI is InChI=1S/C52H45N3Si/c1-36(2)45-27-17-28-46(37(3)4)51(45)55-50-31-14-13-30-49(50)54-52(55)40-20-16-26-44(35-40)56(41-21-7-5-8-22-41,42-23-9-6-10-24-42)43-25-15-19-39(34-43)48-33-32-38-18-11-12-29-47(38)53-48/h5-37H,1-4H3. The number of fused-ring (bicyclic) bond motifs is 2. The third kappa shape index (κ3) is 6.07. The number of benzene rings is 7. The van der Waals surface area contributed by atoms with Crippen LogP contribution in [0.2, 0.25) is 0 Å². The summed E-state index contributed by atoms with van der Waals surface area (Å²) in [4.78, 5) is 10.6. The SMILES string of the molecule is CC(C)c1cccc(C(C)C)c1-n1c(-c2cccc([Si](c3ccccc3)(c3ccccc3)c3cccc(-c4ccc5ccccc5n4)c3)c2)nc2ccccc21. The van der Waals surface area contributed by atoms with Gasteiger partial charge in [0.15, 0.2) is 8.07 Å². The molecule has 3 nitrogen and oxygen atoms in total. The van der Waals surface area contributed by atoms with E-state index in [-0.39, 0.29) is 0 Å². The maximum Gasteiger partial charge on any atom is 0.179 e. The van der Waals surface area contributed by atoms with Crippen molar-refractivity contribution in [1.82, 2.24) is 14.5 Å². The zero-order valence-corrected chi connectivity index (χ0v) is 33.4. The topological polar surface area (TPSA) is 30.7 Å². The third-order valence-corrected chi connectivity index (χ3v) is 16.0. The van der Waals surface area contributed by atoms with Crippen LogP contribution in [0.3, 0.4) is 0 Å². The van der Waals surface area contributed by atoms with Crippen LogP contribution >= 0.6 is 0 Å². The van der Waals surface area contributed by atoms with Crippen LogP contribution in [0, 0.1) is 0 Å². The molecular weight excluding hydrogens is 695 g/mol. The van der Waals surface area contributed by atoms with Crippen LogP contribution in [0.4, 0.5) is 0 Å². The summed E-state index contributed by atoms with van der Waals surface area (Å²) < 4.78 is 2.44. The normalized spacial score (nSPS) is 11.9. The summed E-state index contributed by atoms with van der Waals surface area (Å²) in [5.74, 6) is 1.63. The minimum absolute atomic E-state index is 0.338. The van der Waals surface area contributed by atoms with Crippen molar-refractivity contribution in [2.24, 2.45) is 0 Å². The molecule has 0 bridgehead atoms. The van der Waals surface area contributed by atoms with Crippen LogP contribution in [0.5, 0.6) is 0 Å². The second-order valence-corrected chi connectivity index (χ2v) is 19.2. The molecule has 0 spiro atoms. The average Bonchev–Trinajstić information content (AvgIpc) is 3.64. The molecule has 0 aliphatic rings. The van der Waals surface area contributed by atoms with Crippen molar-refractivity contribution in [2.75, 3.05) is 0 Å². The lowest BCUT2D eigenvalue weighted by atomic mass is 9.92. The van der Waals surface area contributed by atoms with E-state index in [0.717, 1.165) is 44.6 Å². The molecule has 272 valence electrons. The Kier molecular flexibility index (Phi) is 9.28.